The third-order valence-corrected chi connectivity index (χ3v) is 8.07. The summed E-state index contributed by atoms with van der Waals surface area (Å²) in [6.07, 6.45) is 0. The minimum atomic E-state index is -0.654. The van der Waals surface area contributed by atoms with Gasteiger partial charge in [-0.2, -0.15) is 0 Å². The summed E-state index contributed by atoms with van der Waals surface area (Å²) >= 11 is 5.71. The Hall–Kier alpha value is -2.23. The van der Waals surface area contributed by atoms with Crippen molar-refractivity contribution >= 4 is 56.5 Å². The summed E-state index contributed by atoms with van der Waals surface area (Å²) in [4.78, 5) is 43.1. The number of hydrogen-bond donors (Lipinski definition) is 1. The van der Waals surface area contributed by atoms with Gasteiger partial charge in [0.25, 0.3) is 0 Å². The molecule has 3 heterocycles. The van der Waals surface area contributed by atoms with E-state index in [2.05, 4.69) is 20.9 Å². The first-order valence-corrected chi connectivity index (χ1v) is 11.2. The van der Waals surface area contributed by atoms with Gasteiger partial charge in [0.1, 0.15) is 11.1 Å². The number of aromatic amines is 1. The summed E-state index contributed by atoms with van der Waals surface area (Å²) in [5.41, 5.74) is 1.21. The summed E-state index contributed by atoms with van der Waals surface area (Å²) in [7, 11) is 0. The minimum absolute atomic E-state index is 0.208. The Labute approximate surface area is 181 Å². The minimum Gasteiger partial charge on any atom is -0.307 e. The van der Waals surface area contributed by atoms with Crippen molar-refractivity contribution in [3.63, 3.8) is 0 Å². The first-order chi connectivity index (χ1) is 13.9. The summed E-state index contributed by atoms with van der Waals surface area (Å²) in [5, 5.41) is -0.0183. The van der Waals surface area contributed by atoms with E-state index in [-0.39, 0.29) is 16.7 Å². The van der Waals surface area contributed by atoms with Crippen molar-refractivity contribution in [1.82, 2.24) is 4.98 Å². The highest BCUT2D eigenvalue weighted by molar-refractivity contribution is 9.10. The fourth-order valence-electron chi connectivity index (χ4n) is 3.89. The molecule has 1 N–H and O–H groups in total. The van der Waals surface area contributed by atoms with Crippen molar-refractivity contribution in [2.24, 2.45) is 5.92 Å². The molecule has 9 heteroatoms. The van der Waals surface area contributed by atoms with Crippen molar-refractivity contribution in [1.29, 1.82) is 0 Å². The largest absolute Gasteiger partial charge is 0.307 e. The van der Waals surface area contributed by atoms with Crippen LogP contribution in [0.15, 0.2) is 62.8 Å². The predicted molar refractivity (Wildman–Crippen MR) is 113 cm³/mol. The van der Waals surface area contributed by atoms with Crippen molar-refractivity contribution in [3.05, 3.63) is 78.9 Å². The topological polar surface area (TPSA) is 70.2 Å². The Balaban J connectivity index is 1.64. The molecule has 3 atom stereocenters. The average molecular weight is 491 g/mol. The summed E-state index contributed by atoms with van der Waals surface area (Å²) in [6.45, 7) is 0. The van der Waals surface area contributed by atoms with E-state index in [9.17, 15) is 18.8 Å². The molecule has 5 nitrogen and oxygen atoms in total. The molecule has 146 valence electrons. The fraction of sp³-hybridized carbons (Fsp3) is 0.150. The highest BCUT2D eigenvalue weighted by Gasteiger charge is 2.56. The van der Waals surface area contributed by atoms with Gasteiger partial charge in [-0.3, -0.25) is 14.4 Å². The molecule has 29 heavy (non-hydrogen) atoms. The quantitative estimate of drug-likeness (QED) is 0.548. The Morgan fingerprint density at radius 2 is 1.66 bits per heavy atom. The SMILES string of the molecule is O=C1C2Sc3[nH]c(=O)sc3[C@H](c3ccc(Br)cc3)C2C(=O)N1c1ccc(F)cc1. The zero-order valence-corrected chi connectivity index (χ0v) is 17.8. The molecule has 2 unspecified atom stereocenters. The molecule has 0 spiro atoms. The lowest BCUT2D eigenvalue weighted by atomic mass is 9.83. The monoisotopic (exact) mass is 490 g/mol. The molecule has 1 fully saturated rings. The number of carbonyl (C=O) groups is 2. The third kappa shape index (κ3) is 2.99. The Bertz CT molecular complexity index is 1190. The lowest BCUT2D eigenvalue weighted by molar-refractivity contribution is -0.122. The number of thiazole rings is 1. The molecule has 1 aromatic heterocycles. The van der Waals surface area contributed by atoms with E-state index in [1.165, 1.54) is 36.0 Å². The lowest BCUT2D eigenvalue weighted by Gasteiger charge is -2.29. The van der Waals surface area contributed by atoms with Crippen molar-refractivity contribution in [2.45, 2.75) is 16.2 Å². The molecule has 2 aliphatic heterocycles. The van der Waals surface area contributed by atoms with Crippen LogP contribution in [-0.4, -0.2) is 22.0 Å². The number of benzene rings is 2. The van der Waals surface area contributed by atoms with Crippen LogP contribution in [0.2, 0.25) is 0 Å². The molecule has 1 saturated heterocycles. The molecule has 2 aliphatic rings. The number of fused-ring (bicyclic) bond motifs is 2. The number of aromatic nitrogens is 1. The van der Waals surface area contributed by atoms with Crippen molar-refractivity contribution in [3.8, 4) is 0 Å². The molecular formula is C20H12BrFN2O3S2. The number of rotatable bonds is 2. The number of H-pyrrole nitrogens is 1. The van der Waals surface area contributed by atoms with Crippen LogP contribution in [0.25, 0.3) is 0 Å². The van der Waals surface area contributed by atoms with Crippen LogP contribution >= 0.6 is 39.0 Å². The first-order valence-electron chi connectivity index (χ1n) is 8.72. The van der Waals surface area contributed by atoms with E-state index in [1.807, 2.05) is 24.3 Å². The van der Waals surface area contributed by atoms with Crippen LogP contribution in [-0.2, 0) is 9.59 Å². The van der Waals surface area contributed by atoms with Gasteiger partial charge < -0.3 is 4.98 Å². The number of thioether (sulfide) groups is 1. The second-order valence-electron chi connectivity index (χ2n) is 6.79. The standard InChI is InChI=1S/C20H12BrFN2O3S2/c21-10-3-1-9(2-4-10)13-14-16(28-17-15(13)29-20(27)23-17)19(26)24(18(14)25)12-7-5-11(22)6-8-12/h1-8,13-14,16H,(H,23,27)/t13-,14?,16?/m1/s1. The summed E-state index contributed by atoms with van der Waals surface area (Å²) in [5.74, 6) is -2.17. The van der Waals surface area contributed by atoms with Gasteiger partial charge in [-0.25, -0.2) is 9.29 Å². The zero-order valence-electron chi connectivity index (χ0n) is 14.6. The van der Waals surface area contributed by atoms with Crippen LogP contribution in [0.4, 0.5) is 10.1 Å². The van der Waals surface area contributed by atoms with Gasteiger partial charge in [0.05, 0.1) is 16.6 Å². The molecule has 2 amide bonds. The van der Waals surface area contributed by atoms with Gasteiger partial charge in [-0.1, -0.05) is 51.2 Å². The van der Waals surface area contributed by atoms with Gasteiger partial charge in [-0.15, -0.1) is 0 Å². The summed E-state index contributed by atoms with van der Waals surface area (Å²) < 4.78 is 14.2. The second kappa shape index (κ2) is 6.93. The number of amides is 2. The van der Waals surface area contributed by atoms with Crippen LogP contribution in [0.3, 0.4) is 0 Å². The van der Waals surface area contributed by atoms with Crippen molar-refractivity contribution in [2.75, 3.05) is 4.90 Å². The number of anilines is 1. The predicted octanol–water partition coefficient (Wildman–Crippen LogP) is 4.13. The van der Waals surface area contributed by atoms with Crippen LogP contribution < -0.4 is 9.77 Å². The summed E-state index contributed by atoms with van der Waals surface area (Å²) in [6, 6.07) is 12.9. The van der Waals surface area contributed by atoms with E-state index in [0.29, 0.717) is 10.7 Å². The molecule has 0 radical (unpaired) electrons. The molecule has 3 aromatic rings. The number of imide groups is 1. The highest BCUT2D eigenvalue weighted by atomic mass is 79.9. The van der Waals surface area contributed by atoms with Crippen LogP contribution in [0.5, 0.6) is 0 Å². The number of halogens is 2. The number of nitrogens with zero attached hydrogens (tertiary/aromatic N) is 1. The Morgan fingerprint density at radius 1 is 0.966 bits per heavy atom. The van der Waals surface area contributed by atoms with Gasteiger partial charge in [0, 0.05) is 15.3 Å². The average Bonchev–Trinajstić information content (AvgIpc) is 3.19. The van der Waals surface area contributed by atoms with E-state index < -0.39 is 22.9 Å². The second-order valence-corrected chi connectivity index (χ2v) is 9.87. The smallest absolute Gasteiger partial charge is 0.305 e. The van der Waals surface area contributed by atoms with Gasteiger partial charge in [0.15, 0.2) is 0 Å². The molecular weight excluding hydrogens is 479 g/mol. The van der Waals surface area contributed by atoms with Crippen LogP contribution in [0, 0.1) is 11.7 Å². The van der Waals surface area contributed by atoms with Crippen LogP contribution in [0.1, 0.15) is 16.4 Å². The Kier molecular flexibility index (Phi) is 4.49. The van der Waals surface area contributed by atoms with E-state index in [1.54, 1.807) is 0 Å². The first kappa shape index (κ1) is 18.8. The Morgan fingerprint density at radius 3 is 2.34 bits per heavy atom. The lowest BCUT2D eigenvalue weighted by Crippen LogP contribution is -2.32. The van der Waals surface area contributed by atoms with E-state index in [0.717, 1.165) is 31.2 Å². The molecule has 5 rings (SSSR count). The maximum Gasteiger partial charge on any atom is 0.305 e. The third-order valence-electron chi connectivity index (χ3n) is 5.14. The number of carbonyl (C=O) groups excluding carboxylic acids is 2. The van der Waals surface area contributed by atoms with E-state index in [4.69, 9.17) is 0 Å². The molecule has 2 aromatic carbocycles. The normalized spacial score (nSPS) is 23.2. The highest BCUT2D eigenvalue weighted by Crippen LogP contribution is 2.53. The zero-order chi connectivity index (χ0) is 20.3. The maximum atomic E-state index is 13.4. The maximum absolute atomic E-state index is 13.4. The number of hydrogen-bond acceptors (Lipinski definition) is 5. The van der Waals surface area contributed by atoms with Gasteiger partial charge >= 0.3 is 4.87 Å². The molecule has 0 saturated carbocycles. The van der Waals surface area contributed by atoms with Gasteiger partial charge in [-0.05, 0) is 42.0 Å². The van der Waals surface area contributed by atoms with E-state index >= 15 is 0 Å². The molecule has 0 aliphatic carbocycles. The van der Waals surface area contributed by atoms with Gasteiger partial charge in [0.2, 0.25) is 11.8 Å². The number of nitrogens with one attached hydrogen (secondary N) is 1. The fourth-order valence-corrected chi connectivity index (χ4v) is 6.67. The molecule has 0 bridgehead atoms. The van der Waals surface area contributed by atoms with Crippen molar-refractivity contribution < 1.29 is 14.0 Å².